The van der Waals surface area contributed by atoms with Crippen LogP contribution in [0.3, 0.4) is 0 Å². The van der Waals surface area contributed by atoms with Crippen LogP contribution >= 0.6 is 0 Å². The van der Waals surface area contributed by atoms with Crippen LogP contribution in [-0.2, 0) is 9.31 Å². The van der Waals surface area contributed by atoms with Gasteiger partial charge in [0.25, 0.3) is 5.91 Å². The van der Waals surface area contributed by atoms with E-state index in [-0.39, 0.29) is 24.4 Å². The van der Waals surface area contributed by atoms with Crippen LogP contribution in [0.1, 0.15) is 65.2 Å². The molecule has 0 radical (unpaired) electrons. The van der Waals surface area contributed by atoms with Gasteiger partial charge in [-0.05, 0) is 39.2 Å². The molecule has 0 aromatic carbocycles. The molecule has 0 spiro atoms. The van der Waals surface area contributed by atoms with Crippen LogP contribution in [0.4, 0.5) is 9.18 Å². The molecule has 2 saturated heterocycles. The van der Waals surface area contributed by atoms with Gasteiger partial charge >= 0.3 is 13.2 Å². The van der Waals surface area contributed by atoms with Crippen molar-refractivity contribution in [1.29, 1.82) is 0 Å². The van der Waals surface area contributed by atoms with Gasteiger partial charge in [-0.2, -0.15) is 0 Å². The lowest BCUT2D eigenvalue weighted by Crippen LogP contribution is -2.60. The van der Waals surface area contributed by atoms with E-state index in [1.165, 1.54) is 12.3 Å². The lowest BCUT2D eigenvalue weighted by molar-refractivity contribution is -0.0526. The van der Waals surface area contributed by atoms with Crippen molar-refractivity contribution in [3.8, 4) is 5.88 Å². The van der Waals surface area contributed by atoms with Crippen molar-refractivity contribution in [3.05, 3.63) is 17.8 Å². The molecule has 3 heterocycles. The summed E-state index contributed by atoms with van der Waals surface area (Å²) in [5.41, 5.74) is 4.20. The normalized spacial score (nSPS) is 26.8. The molecular weight excluding hydrogens is 432 g/mol. The Morgan fingerprint density at radius 2 is 1.85 bits per heavy atom. The summed E-state index contributed by atoms with van der Waals surface area (Å²) in [6.07, 6.45) is -2.24. The number of alkyl halides is 1. The molecule has 0 bridgehead atoms. The van der Waals surface area contributed by atoms with E-state index < -0.39 is 54.1 Å². The van der Waals surface area contributed by atoms with E-state index in [2.05, 4.69) is 4.98 Å². The molecule has 2 amide bonds. The van der Waals surface area contributed by atoms with Gasteiger partial charge in [0.1, 0.15) is 11.7 Å². The standard InChI is InChI=1S/C22H33BFN3O6/c1-20(2,3)16-15(24)14(8-9-27(16)19(29)30)31-18-13(17(25)28)10-12(11-26-18)23-32-21(4,5)22(6,7)33-23/h10-11,14-16H,8-9H2,1-7H3,(H2,25,28)(H,29,30)/t14-,15-,16?/m1/s1. The minimum Gasteiger partial charge on any atom is -0.471 e. The van der Waals surface area contributed by atoms with Crippen molar-refractivity contribution in [2.24, 2.45) is 11.1 Å². The number of nitrogens with zero attached hydrogens (tertiary/aromatic N) is 2. The second-order valence-electron chi connectivity index (χ2n) is 10.8. The van der Waals surface area contributed by atoms with Gasteiger partial charge in [-0.25, -0.2) is 14.2 Å². The fourth-order valence-corrected chi connectivity index (χ4v) is 4.21. The first-order valence-corrected chi connectivity index (χ1v) is 11.0. The monoisotopic (exact) mass is 465 g/mol. The molecule has 1 aromatic heterocycles. The first kappa shape index (κ1) is 25.2. The molecule has 1 aromatic rings. The van der Waals surface area contributed by atoms with Crippen molar-refractivity contribution in [2.75, 3.05) is 6.54 Å². The highest BCUT2D eigenvalue weighted by Crippen LogP contribution is 2.38. The van der Waals surface area contributed by atoms with Crippen molar-refractivity contribution in [1.82, 2.24) is 9.88 Å². The quantitative estimate of drug-likeness (QED) is 0.655. The number of aromatic nitrogens is 1. The molecule has 3 rings (SSSR count). The number of carbonyl (C=O) groups is 2. The predicted octanol–water partition coefficient (Wildman–Crippen LogP) is 2.36. The van der Waals surface area contributed by atoms with E-state index in [0.29, 0.717) is 5.46 Å². The smallest absolute Gasteiger partial charge is 0.471 e. The lowest BCUT2D eigenvalue weighted by Gasteiger charge is -2.46. The molecule has 2 fully saturated rings. The summed E-state index contributed by atoms with van der Waals surface area (Å²) in [5, 5.41) is 9.51. The molecule has 3 N–H and O–H groups in total. The van der Waals surface area contributed by atoms with Gasteiger partial charge in [0.05, 0.1) is 17.2 Å². The van der Waals surface area contributed by atoms with Crippen LogP contribution in [0.2, 0.25) is 0 Å². The molecule has 33 heavy (non-hydrogen) atoms. The van der Waals surface area contributed by atoms with Crippen molar-refractivity contribution in [2.45, 2.75) is 84.4 Å². The van der Waals surface area contributed by atoms with Gasteiger partial charge in [-0.15, -0.1) is 0 Å². The van der Waals surface area contributed by atoms with E-state index in [9.17, 15) is 14.7 Å². The maximum atomic E-state index is 15.5. The Hall–Kier alpha value is -2.40. The van der Waals surface area contributed by atoms with E-state index in [0.717, 1.165) is 4.90 Å². The van der Waals surface area contributed by atoms with Gasteiger partial charge in [-0.1, -0.05) is 20.8 Å². The second-order valence-corrected chi connectivity index (χ2v) is 10.8. The molecule has 0 saturated carbocycles. The number of piperidine rings is 1. The maximum Gasteiger partial charge on any atom is 0.496 e. The Morgan fingerprint density at radius 3 is 2.33 bits per heavy atom. The molecule has 0 aliphatic carbocycles. The first-order chi connectivity index (χ1) is 15.0. The number of primary amides is 1. The molecule has 2 aliphatic heterocycles. The van der Waals surface area contributed by atoms with Crippen LogP contribution in [0.5, 0.6) is 5.88 Å². The molecular formula is C22H33BFN3O6. The molecule has 182 valence electrons. The number of pyridine rings is 1. The number of ether oxygens (including phenoxy) is 1. The third kappa shape index (κ3) is 4.79. The van der Waals surface area contributed by atoms with Crippen LogP contribution in [0.25, 0.3) is 0 Å². The summed E-state index contributed by atoms with van der Waals surface area (Å²) in [5.74, 6) is -0.895. The van der Waals surface area contributed by atoms with Gasteiger partial charge in [0.2, 0.25) is 5.88 Å². The Morgan fingerprint density at radius 1 is 1.27 bits per heavy atom. The van der Waals surface area contributed by atoms with E-state index in [1.54, 1.807) is 20.8 Å². The molecule has 11 heteroatoms. The third-order valence-electron chi connectivity index (χ3n) is 6.71. The van der Waals surface area contributed by atoms with Crippen molar-refractivity contribution < 1.29 is 33.1 Å². The number of rotatable bonds is 4. The molecule has 3 atom stereocenters. The zero-order chi connectivity index (χ0) is 24.9. The Balaban J connectivity index is 1.87. The fourth-order valence-electron chi connectivity index (χ4n) is 4.21. The topological polar surface area (TPSA) is 124 Å². The predicted molar refractivity (Wildman–Crippen MR) is 120 cm³/mol. The molecule has 9 nitrogen and oxygen atoms in total. The first-order valence-electron chi connectivity index (χ1n) is 11.0. The highest BCUT2D eigenvalue weighted by Gasteiger charge is 2.52. The van der Waals surface area contributed by atoms with Gasteiger partial charge in [0, 0.05) is 24.6 Å². The summed E-state index contributed by atoms with van der Waals surface area (Å²) in [4.78, 5) is 29.1. The number of carbonyl (C=O) groups excluding carboxylic acids is 1. The minimum absolute atomic E-state index is 0.0256. The second kappa shape index (κ2) is 8.43. The summed E-state index contributed by atoms with van der Waals surface area (Å²) in [6, 6.07) is 0.558. The number of nitrogens with two attached hydrogens (primary N) is 1. The number of carboxylic acid groups (broad SMARTS) is 1. The summed E-state index contributed by atoms with van der Waals surface area (Å²) < 4.78 is 33.3. The number of hydrogen-bond donors (Lipinski definition) is 2. The number of hydrogen-bond acceptors (Lipinski definition) is 6. The van der Waals surface area contributed by atoms with Crippen molar-refractivity contribution >= 4 is 24.6 Å². The van der Waals surface area contributed by atoms with Crippen LogP contribution in [0.15, 0.2) is 12.3 Å². The number of likely N-dealkylation sites (tertiary alicyclic amines) is 1. The Bertz CT molecular complexity index is 919. The summed E-state index contributed by atoms with van der Waals surface area (Å²) >= 11 is 0. The number of halogens is 1. The average Bonchev–Trinajstić information content (AvgIpc) is 2.89. The Kier molecular flexibility index (Phi) is 6.45. The zero-order valence-corrected chi connectivity index (χ0v) is 20.2. The Labute approximate surface area is 193 Å². The van der Waals surface area contributed by atoms with Crippen LogP contribution in [-0.4, -0.2) is 70.2 Å². The van der Waals surface area contributed by atoms with Gasteiger partial charge in [-0.3, -0.25) is 4.79 Å². The highest BCUT2D eigenvalue weighted by atomic mass is 19.1. The lowest BCUT2D eigenvalue weighted by atomic mass is 9.78. The summed E-state index contributed by atoms with van der Waals surface area (Å²) in [7, 11) is -0.757. The summed E-state index contributed by atoms with van der Waals surface area (Å²) in [6.45, 7) is 13.0. The van der Waals surface area contributed by atoms with Crippen LogP contribution < -0.4 is 15.9 Å². The van der Waals surface area contributed by atoms with E-state index >= 15 is 4.39 Å². The minimum atomic E-state index is -1.62. The molecule has 1 unspecified atom stereocenters. The fraction of sp³-hybridized carbons (Fsp3) is 0.682. The largest absolute Gasteiger partial charge is 0.496 e. The van der Waals surface area contributed by atoms with E-state index in [4.69, 9.17) is 19.8 Å². The number of amides is 2. The van der Waals surface area contributed by atoms with Gasteiger partial charge in [0.15, 0.2) is 6.17 Å². The zero-order valence-electron chi connectivity index (χ0n) is 20.2. The van der Waals surface area contributed by atoms with Crippen molar-refractivity contribution in [3.63, 3.8) is 0 Å². The highest BCUT2D eigenvalue weighted by molar-refractivity contribution is 6.62. The maximum absolute atomic E-state index is 15.5. The van der Waals surface area contributed by atoms with Gasteiger partial charge < -0.3 is 29.8 Å². The van der Waals surface area contributed by atoms with Crippen LogP contribution in [0, 0.1) is 5.41 Å². The average molecular weight is 465 g/mol. The molecule has 2 aliphatic rings. The SMILES string of the molecule is CC(C)(C)C1[C@H](F)[C@H](Oc2ncc(B3OC(C)(C)C(C)(C)O3)cc2C(N)=O)CCN1C(=O)O. The third-order valence-corrected chi connectivity index (χ3v) is 6.71. The van der Waals surface area contributed by atoms with E-state index in [1.807, 2.05) is 27.7 Å².